The molecular formula is C25H22ClFN2O5. The third-order valence-corrected chi connectivity index (χ3v) is 5.82. The van der Waals surface area contributed by atoms with Gasteiger partial charge in [0.1, 0.15) is 11.6 Å². The Balaban J connectivity index is 1.62. The summed E-state index contributed by atoms with van der Waals surface area (Å²) in [4.78, 5) is 25.0. The minimum absolute atomic E-state index is 0.116. The van der Waals surface area contributed by atoms with Crippen molar-refractivity contribution < 1.29 is 28.9 Å². The smallest absolute Gasteiger partial charge is 0.252 e. The molecule has 1 heterocycles. The van der Waals surface area contributed by atoms with Crippen molar-refractivity contribution in [2.45, 2.75) is 19.1 Å². The van der Waals surface area contributed by atoms with Gasteiger partial charge in [0.2, 0.25) is 5.78 Å². The molecule has 34 heavy (non-hydrogen) atoms. The van der Waals surface area contributed by atoms with Gasteiger partial charge in [-0.2, -0.15) is 0 Å². The number of ketones is 1. The first-order chi connectivity index (χ1) is 16.3. The fourth-order valence-corrected chi connectivity index (χ4v) is 4.01. The number of nitrogens with two attached hydrogens (primary N) is 1. The number of benzene rings is 3. The first-order valence-corrected chi connectivity index (χ1v) is 10.9. The molecule has 1 aromatic heterocycles. The molecule has 176 valence electrons. The molecule has 9 heteroatoms. The molecule has 0 saturated carbocycles. The number of halogens is 2. The van der Waals surface area contributed by atoms with Crippen molar-refractivity contribution in [2.24, 2.45) is 5.73 Å². The summed E-state index contributed by atoms with van der Waals surface area (Å²) in [5.41, 5.74) is 6.41. The van der Waals surface area contributed by atoms with Crippen LogP contribution in [0.1, 0.15) is 27.1 Å². The molecule has 4 N–H and O–H groups in total. The van der Waals surface area contributed by atoms with E-state index < -0.39 is 24.4 Å². The Morgan fingerprint density at radius 1 is 1.09 bits per heavy atom. The number of hydrogen-bond acceptors (Lipinski definition) is 5. The number of amides is 1. The number of primary amides is 1. The van der Waals surface area contributed by atoms with Crippen molar-refractivity contribution in [2.75, 3.05) is 13.2 Å². The highest BCUT2D eigenvalue weighted by atomic mass is 35.5. The predicted octanol–water partition coefficient (Wildman–Crippen LogP) is 3.69. The molecule has 0 bridgehead atoms. The van der Waals surface area contributed by atoms with E-state index in [4.69, 9.17) is 27.2 Å². The van der Waals surface area contributed by atoms with Gasteiger partial charge in [-0.3, -0.25) is 9.59 Å². The van der Waals surface area contributed by atoms with E-state index in [-0.39, 0.29) is 36.7 Å². The van der Waals surface area contributed by atoms with Crippen molar-refractivity contribution in [3.8, 4) is 5.75 Å². The molecular weight excluding hydrogens is 463 g/mol. The molecule has 0 saturated heterocycles. The van der Waals surface area contributed by atoms with E-state index in [9.17, 15) is 19.1 Å². The van der Waals surface area contributed by atoms with Gasteiger partial charge < -0.3 is 25.3 Å². The van der Waals surface area contributed by atoms with Crippen LogP contribution in [0.5, 0.6) is 5.75 Å². The zero-order chi connectivity index (χ0) is 24.4. The molecule has 7 nitrogen and oxygen atoms in total. The van der Waals surface area contributed by atoms with Gasteiger partial charge in [-0.05, 0) is 59.7 Å². The van der Waals surface area contributed by atoms with Crippen LogP contribution in [0.2, 0.25) is 5.02 Å². The Morgan fingerprint density at radius 2 is 1.88 bits per heavy atom. The molecule has 0 spiro atoms. The van der Waals surface area contributed by atoms with Crippen molar-refractivity contribution in [3.05, 3.63) is 76.7 Å². The fraction of sp³-hybridized carbons (Fsp3) is 0.200. The lowest BCUT2D eigenvalue weighted by Gasteiger charge is -2.11. The number of carbonyl (C=O) groups excluding carboxylic acids is 2. The summed E-state index contributed by atoms with van der Waals surface area (Å²) in [5, 5.41) is 21.2. The molecule has 1 atom stereocenters. The van der Waals surface area contributed by atoms with E-state index in [1.165, 1.54) is 18.2 Å². The van der Waals surface area contributed by atoms with Crippen LogP contribution in [0.15, 0.2) is 54.7 Å². The van der Waals surface area contributed by atoms with E-state index in [0.717, 1.165) is 5.39 Å². The number of ether oxygens (including phenoxy) is 1. The van der Waals surface area contributed by atoms with Crippen LogP contribution in [0, 0.1) is 5.82 Å². The normalized spacial score (nSPS) is 12.2. The Labute approximate surface area is 199 Å². The zero-order valence-electron chi connectivity index (χ0n) is 18.0. The van der Waals surface area contributed by atoms with Crippen LogP contribution < -0.4 is 10.5 Å². The topological polar surface area (TPSA) is 115 Å². The van der Waals surface area contributed by atoms with Crippen LogP contribution in [-0.2, 0) is 6.54 Å². The summed E-state index contributed by atoms with van der Waals surface area (Å²) in [7, 11) is 0. The summed E-state index contributed by atoms with van der Waals surface area (Å²) in [6.07, 6.45) is 0.866. The lowest BCUT2D eigenvalue weighted by Crippen LogP contribution is -2.17. The van der Waals surface area contributed by atoms with Gasteiger partial charge in [0.15, 0.2) is 6.61 Å². The molecule has 4 rings (SSSR count). The van der Waals surface area contributed by atoms with Crippen molar-refractivity contribution in [3.63, 3.8) is 0 Å². The molecule has 0 aliphatic heterocycles. The lowest BCUT2D eigenvalue weighted by atomic mass is 10.1. The van der Waals surface area contributed by atoms with Gasteiger partial charge in [-0.1, -0.05) is 17.7 Å². The fourth-order valence-electron chi connectivity index (χ4n) is 3.83. The second-order valence-electron chi connectivity index (χ2n) is 7.94. The first kappa shape index (κ1) is 23.7. The number of rotatable bonds is 9. The number of hydrogen-bond donors (Lipinski definition) is 3. The molecule has 3 aromatic carbocycles. The van der Waals surface area contributed by atoms with E-state index in [1.807, 2.05) is 0 Å². The molecule has 0 radical (unpaired) electrons. The van der Waals surface area contributed by atoms with Gasteiger partial charge in [-0.25, -0.2) is 4.39 Å². The minimum Gasteiger partial charge on any atom is -0.485 e. The van der Waals surface area contributed by atoms with E-state index >= 15 is 0 Å². The van der Waals surface area contributed by atoms with Crippen LogP contribution >= 0.6 is 11.6 Å². The lowest BCUT2D eigenvalue weighted by molar-refractivity contribution is 0.0849. The van der Waals surface area contributed by atoms with E-state index in [0.29, 0.717) is 26.9 Å². The first-order valence-electron chi connectivity index (χ1n) is 10.5. The SMILES string of the molecule is NC(=O)c1cc2cc(Cl)ccc2cc1OCC(=O)c1cn(CC[C@@H](O)CO)c2cc(F)ccc12. The van der Waals surface area contributed by atoms with Crippen LogP contribution in [-0.4, -0.2) is 45.8 Å². The quantitative estimate of drug-likeness (QED) is 0.313. The molecule has 0 aliphatic rings. The molecule has 1 amide bonds. The number of aliphatic hydroxyl groups is 2. The Kier molecular flexibility index (Phi) is 6.83. The van der Waals surface area contributed by atoms with Crippen LogP contribution in [0.4, 0.5) is 4.39 Å². The summed E-state index contributed by atoms with van der Waals surface area (Å²) in [6.45, 7) is -0.503. The van der Waals surface area contributed by atoms with Crippen molar-refractivity contribution >= 4 is 45.0 Å². The second kappa shape index (κ2) is 9.80. The number of aryl methyl sites for hydroxylation is 1. The van der Waals surface area contributed by atoms with E-state index in [2.05, 4.69) is 0 Å². The third kappa shape index (κ3) is 4.89. The number of fused-ring (bicyclic) bond motifs is 2. The summed E-state index contributed by atoms with van der Waals surface area (Å²) >= 11 is 6.02. The van der Waals surface area contributed by atoms with Gasteiger partial charge in [0.25, 0.3) is 5.91 Å². The third-order valence-electron chi connectivity index (χ3n) is 5.58. The molecule has 0 aliphatic carbocycles. The number of aliphatic hydroxyl groups excluding tert-OH is 2. The largest absolute Gasteiger partial charge is 0.485 e. The van der Waals surface area contributed by atoms with Gasteiger partial charge in [0.05, 0.1) is 23.8 Å². The summed E-state index contributed by atoms with van der Waals surface area (Å²) < 4.78 is 21.2. The Hall–Kier alpha value is -3.46. The van der Waals surface area contributed by atoms with Crippen LogP contribution in [0.3, 0.4) is 0 Å². The van der Waals surface area contributed by atoms with Crippen molar-refractivity contribution in [1.29, 1.82) is 0 Å². The van der Waals surface area contributed by atoms with Crippen molar-refractivity contribution in [1.82, 2.24) is 4.57 Å². The van der Waals surface area contributed by atoms with Gasteiger partial charge in [-0.15, -0.1) is 0 Å². The highest BCUT2D eigenvalue weighted by Gasteiger charge is 2.19. The van der Waals surface area contributed by atoms with Crippen LogP contribution in [0.25, 0.3) is 21.7 Å². The van der Waals surface area contributed by atoms with E-state index in [1.54, 1.807) is 41.1 Å². The van der Waals surface area contributed by atoms with Gasteiger partial charge in [0, 0.05) is 28.7 Å². The van der Waals surface area contributed by atoms with Gasteiger partial charge >= 0.3 is 0 Å². The summed E-state index contributed by atoms with van der Waals surface area (Å²) in [5.74, 6) is -1.40. The molecule has 0 fully saturated rings. The average molecular weight is 485 g/mol. The number of carbonyl (C=O) groups is 2. The molecule has 0 unspecified atom stereocenters. The Morgan fingerprint density at radius 3 is 2.62 bits per heavy atom. The monoisotopic (exact) mass is 484 g/mol. The maximum atomic E-state index is 13.9. The molecule has 4 aromatic rings. The highest BCUT2D eigenvalue weighted by Crippen LogP contribution is 2.29. The highest BCUT2D eigenvalue weighted by molar-refractivity contribution is 6.31. The number of Topliss-reactive ketones (excluding diaryl/α,β-unsaturated/α-hetero) is 1. The Bertz CT molecular complexity index is 1400. The number of aromatic nitrogens is 1. The zero-order valence-corrected chi connectivity index (χ0v) is 18.8. The number of nitrogens with zero attached hydrogens (tertiary/aromatic N) is 1. The maximum Gasteiger partial charge on any atom is 0.252 e. The predicted molar refractivity (Wildman–Crippen MR) is 127 cm³/mol. The minimum atomic E-state index is -0.927. The standard InChI is InChI=1S/C25H22ClFN2O5/c26-16-2-1-14-9-24(20(25(28)33)8-15(14)7-16)34-13-23(32)21-11-29(6-5-18(31)12-30)22-10-17(27)3-4-19(21)22/h1-4,7-11,18,30-31H,5-6,12-13H2,(H2,28,33)/t18-/m1/s1. The second-order valence-corrected chi connectivity index (χ2v) is 8.38. The summed E-state index contributed by atoms with van der Waals surface area (Å²) in [6, 6.07) is 12.4. The maximum absolute atomic E-state index is 13.9. The average Bonchev–Trinajstić information content (AvgIpc) is 3.17.